The number of halogens is 4. The molecule has 9 nitrogen and oxygen atoms in total. The minimum atomic E-state index is -4.77. The van der Waals surface area contributed by atoms with Crippen LogP contribution < -0.4 is 19.1 Å². The van der Waals surface area contributed by atoms with Gasteiger partial charge >= 0.3 is 12.1 Å². The van der Waals surface area contributed by atoms with Crippen LogP contribution in [0.15, 0.2) is 65.6 Å². The van der Waals surface area contributed by atoms with Crippen molar-refractivity contribution in [3.63, 3.8) is 0 Å². The number of amides is 1. The lowest BCUT2D eigenvalue weighted by Gasteiger charge is -2.25. The van der Waals surface area contributed by atoms with Crippen LogP contribution in [0.25, 0.3) is 0 Å². The third-order valence-electron chi connectivity index (χ3n) is 5.35. The molecule has 0 bridgehead atoms. The van der Waals surface area contributed by atoms with Gasteiger partial charge in [-0.05, 0) is 48.5 Å². The van der Waals surface area contributed by atoms with E-state index in [0.29, 0.717) is 10.4 Å². The first-order chi connectivity index (χ1) is 18.3. The molecule has 0 unspecified atom stereocenters. The van der Waals surface area contributed by atoms with Crippen molar-refractivity contribution in [1.29, 1.82) is 0 Å². The van der Waals surface area contributed by atoms with Gasteiger partial charge in [0.1, 0.15) is 6.54 Å². The maximum atomic E-state index is 13.7. The van der Waals surface area contributed by atoms with Gasteiger partial charge in [-0.3, -0.25) is 9.10 Å². The highest BCUT2D eigenvalue weighted by atomic mass is 35.5. The van der Waals surface area contributed by atoms with Crippen LogP contribution in [0.5, 0.6) is 11.5 Å². The van der Waals surface area contributed by atoms with Gasteiger partial charge in [0.2, 0.25) is 5.91 Å². The van der Waals surface area contributed by atoms with Gasteiger partial charge in [0.05, 0.1) is 48.1 Å². The first-order valence-electron chi connectivity index (χ1n) is 10.9. The van der Waals surface area contributed by atoms with E-state index in [0.717, 1.165) is 37.4 Å². The maximum Gasteiger partial charge on any atom is 0.416 e. The number of ether oxygens (including phenoxy) is 3. The van der Waals surface area contributed by atoms with E-state index < -0.39 is 45.9 Å². The Balaban J connectivity index is 2.05. The van der Waals surface area contributed by atoms with E-state index in [1.165, 1.54) is 38.5 Å². The number of carbonyl (C=O) groups excluding carboxylic acids is 2. The summed E-state index contributed by atoms with van der Waals surface area (Å²) in [6, 6.07) is 11.0. The Kier molecular flexibility index (Phi) is 8.97. The average molecular weight is 587 g/mol. The largest absolute Gasteiger partial charge is 0.493 e. The lowest BCUT2D eigenvalue weighted by atomic mass is 10.2. The summed E-state index contributed by atoms with van der Waals surface area (Å²) in [5, 5.41) is 2.46. The number of alkyl halides is 3. The fourth-order valence-electron chi connectivity index (χ4n) is 3.46. The minimum absolute atomic E-state index is 0.0430. The average Bonchev–Trinajstić information content (AvgIpc) is 2.91. The normalized spacial score (nSPS) is 11.5. The van der Waals surface area contributed by atoms with Gasteiger partial charge in [-0.2, -0.15) is 13.2 Å². The van der Waals surface area contributed by atoms with Crippen molar-refractivity contribution in [2.75, 3.05) is 37.5 Å². The number of benzene rings is 3. The molecule has 0 atom stereocenters. The van der Waals surface area contributed by atoms with E-state index in [1.54, 1.807) is 0 Å². The molecule has 208 valence electrons. The lowest BCUT2D eigenvalue weighted by Crippen LogP contribution is -2.38. The van der Waals surface area contributed by atoms with E-state index in [-0.39, 0.29) is 32.7 Å². The molecule has 0 aromatic heterocycles. The number of carbonyl (C=O) groups is 2. The molecular weight excluding hydrogens is 565 g/mol. The van der Waals surface area contributed by atoms with E-state index >= 15 is 0 Å². The van der Waals surface area contributed by atoms with Crippen molar-refractivity contribution >= 4 is 44.9 Å². The standard InChI is InChI=1S/C25H22ClF3N2O7S/c1-36-21-10-8-18(13-22(21)37-2)39(34,35)31(17-6-4-5-15(11-17)25(27,28)29)14-23(32)30-16-7-9-20(26)19(12-16)24(33)38-3/h4-13H,14H2,1-3H3,(H,30,32). The van der Waals surface area contributed by atoms with E-state index in [4.69, 9.17) is 21.1 Å². The van der Waals surface area contributed by atoms with E-state index in [1.807, 2.05) is 0 Å². The Morgan fingerprint density at radius 1 is 0.949 bits per heavy atom. The summed E-state index contributed by atoms with van der Waals surface area (Å²) in [7, 11) is -0.865. The lowest BCUT2D eigenvalue weighted by molar-refractivity contribution is -0.137. The Morgan fingerprint density at radius 3 is 2.26 bits per heavy atom. The maximum absolute atomic E-state index is 13.7. The first kappa shape index (κ1) is 29.6. The summed E-state index contributed by atoms with van der Waals surface area (Å²) in [6.45, 7) is -0.922. The van der Waals surface area contributed by atoms with Gasteiger partial charge in [-0.25, -0.2) is 13.2 Å². The van der Waals surface area contributed by atoms with E-state index in [9.17, 15) is 31.2 Å². The van der Waals surface area contributed by atoms with Gasteiger partial charge in [0.15, 0.2) is 11.5 Å². The summed E-state index contributed by atoms with van der Waals surface area (Å²) >= 11 is 5.98. The second kappa shape index (κ2) is 11.8. The van der Waals surface area contributed by atoms with Gasteiger partial charge < -0.3 is 19.5 Å². The Labute approximate surface area is 227 Å². The van der Waals surface area contributed by atoms with Gasteiger partial charge in [0, 0.05) is 11.8 Å². The van der Waals surface area contributed by atoms with Crippen molar-refractivity contribution in [3.05, 3.63) is 76.8 Å². The zero-order valence-electron chi connectivity index (χ0n) is 20.7. The number of anilines is 2. The molecule has 0 radical (unpaired) electrons. The third kappa shape index (κ3) is 6.73. The minimum Gasteiger partial charge on any atom is -0.493 e. The number of nitrogens with one attached hydrogen (secondary N) is 1. The zero-order chi connectivity index (χ0) is 29.0. The highest BCUT2D eigenvalue weighted by molar-refractivity contribution is 7.92. The topological polar surface area (TPSA) is 111 Å². The Hall–Kier alpha value is -3.97. The molecule has 0 fully saturated rings. The monoisotopic (exact) mass is 586 g/mol. The summed E-state index contributed by atoms with van der Waals surface area (Å²) < 4.78 is 83.0. The molecule has 0 aliphatic heterocycles. The highest BCUT2D eigenvalue weighted by Gasteiger charge is 2.33. The SMILES string of the molecule is COC(=O)c1cc(NC(=O)CN(c2cccc(C(F)(F)F)c2)S(=O)(=O)c2ccc(OC)c(OC)c2)ccc1Cl. The van der Waals surface area contributed by atoms with Crippen molar-refractivity contribution in [2.24, 2.45) is 0 Å². The highest BCUT2D eigenvalue weighted by Crippen LogP contribution is 2.35. The molecule has 0 spiro atoms. The Morgan fingerprint density at radius 2 is 1.64 bits per heavy atom. The molecule has 3 aromatic carbocycles. The van der Waals surface area contributed by atoms with Crippen LogP contribution in [-0.2, 0) is 25.7 Å². The number of hydrogen-bond donors (Lipinski definition) is 1. The number of sulfonamides is 1. The summed E-state index contributed by atoms with van der Waals surface area (Å²) in [5.41, 5.74) is -1.53. The molecule has 1 N–H and O–H groups in total. The van der Waals surface area contributed by atoms with Gasteiger partial charge in [-0.1, -0.05) is 17.7 Å². The van der Waals surface area contributed by atoms with Crippen LogP contribution in [0.1, 0.15) is 15.9 Å². The van der Waals surface area contributed by atoms with Crippen LogP contribution in [0.4, 0.5) is 24.5 Å². The second-order valence-electron chi connectivity index (χ2n) is 7.81. The quantitative estimate of drug-likeness (QED) is 0.351. The van der Waals surface area contributed by atoms with Crippen LogP contribution in [-0.4, -0.2) is 48.2 Å². The zero-order valence-corrected chi connectivity index (χ0v) is 22.3. The fourth-order valence-corrected chi connectivity index (χ4v) is 5.08. The second-order valence-corrected chi connectivity index (χ2v) is 10.1. The first-order valence-corrected chi connectivity index (χ1v) is 12.7. The van der Waals surface area contributed by atoms with E-state index in [2.05, 4.69) is 10.1 Å². The molecule has 3 rings (SSSR count). The molecule has 3 aromatic rings. The number of methoxy groups -OCH3 is 3. The molecule has 0 saturated heterocycles. The number of esters is 1. The van der Waals surface area contributed by atoms with Crippen LogP contribution in [0, 0.1) is 0 Å². The predicted octanol–water partition coefficient (Wildman–Crippen LogP) is 5.00. The molecule has 0 aliphatic rings. The Bertz CT molecular complexity index is 1500. The third-order valence-corrected chi connectivity index (χ3v) is 7.45. The van der Waals surface area contributed by atoms with Crippen LogP contribution in [0.2, 0.25) is 5.02 Å². The van der Waals surface area contributed by atoms with Crippen molar-refractivity contribution in [2.45, 2.75) is 11.1 Å². The predicted molar refractivity (Wildman–Crippen MR) is 137 cm³/mol. The van der Waals surface area contributed by atoms with Crippen molar-refractivity contribution in [1.82, 2.24) is 0 Å². The fraction of sp³-hybridized carbons (Fsp3) is 0.200. The van der Waals surface area contributed by atoms with Crippen molar-refractivity contribution in [3.8, 4) is 11.5 Å². The number of rotatable bonds is 9. The summed E-state index contributed by atoms with van der Waals surface area (Å²) in [6.07, 6.45) is -4.77. The van der Waals surface area contributed by atoms with Crippen LogP contribution in [0.3, 0.4) is 0 Å². The molecule has 0 heterocycles. The summed E-state index contributed by atoms with van der Waals surface area (Å²) in [4.78, 5) is 24.5. The number of hydrogen-bond acceptors (Lipinski definition) is 7. The van der Waals surface area contributed by atoms with Gasteiger partial charge in [0.25, 0.3) is 10.0 Å². The van der Waals surface area contributed by atoms with Crippen molar-refractivity contribution < 1.29 is 45.4 Å². The summed E-state index contributed by atoms with van der Waals surface area (Å²) in [5.74, 6) is -1.44. The molecule has 0 saturated carbocycles. The molecule has 39 heavy (non-hydrogen) atoms. The van der Waals surface area contributed by atoms with Gasteiger partial charge in [-0.15, -0.1) is 0 Å². The molecular formula is C25H22ClF3N2O7S. The van der Waals surface area contributed by atoms with Crippen LogP contribution >= 0.6 is 11.6 Å². The molecule has 14 heteroatoms. The smallest absolute Gasteiger partial charge is 0.416 e. The molecule has 0 aliphatic carbocycles. The number of nitrogens with zero attached hydrogens (tertiary/aromatic N) is 1. The molecule has 1 amide bonds.